The number of carbonyl (C=O) groups is 1. The fourth-order valence-corrected chi connectivity index (χ4v) is 2.10. The van der Waals surface area contributed by atoms with Gasteiger partial charge in [-0.15, -0.1) is 0 Å². The molecule has 2 atom stereocenters. The van der Waals surface area contributed by atoms with Gasteiger partial charge in [-0.1, -0.05) is 25.0 Å². The first-order valence-electron chi connectivity index (χ1n) is 4.57. The van der Waals surface area contributed by atoms with Crippen LogP contribution in [0.2, 0.25) is 0 Å². The maximum absolute atomic E-state index is 11.4. The third-order valence-electron chi connectivity index (χ3n) is 2.83. The lowest BCUT2D eigenvalue weighted by Gasteiger charge is -2.25. The van der Waals surface area contributed by atoms with E-state index in [9.17, 15) is 4.79 Å². The Morgan fingerprint density at radius 1 is 1.18 bits per heavy atom. The molecule has 0 aromatic heterocycles. The van der Waals surface area contributed by atoms with E-state index in [4.69, 9.17) is 0 Å². The average molecular weight is 150 g/mol. The Morgan fingerprint density at radius 2 is 2.00 bits per heavy atom. The van der Waals surface area contributed by atoms with Crippen molar-refractivity contribution < 1.29 is 4.79 Å². The molecule has 1 fully saturated rings. The monoisotopic (exact) mass is 150 g/mol. The van der Waals surface area contributed by atoms with E-state index in [0.29, 0.717) is 11.7 Å². The molecule has 3 rings (SSSR count). The predicted molar refractivity (Wildman–Crippen MR) is 44.2 cm³/mol. The quantitative estimate of drug-likeness (QED) is 0.484. The minimum Gasteiger partial charge on any atom is -0.299 e. The molecule has 0 N–H and O–H groups in total. The third kappa shape index (κ3) is 1.37. The van der Waals surface area contributed by atoms with Crippen molar-refractivity contribution in [2.24, 2.45) is 11.8 Å². The summed E-state index contributed by atoms with van der Waals surface area (Å²) in [5.41, 5.74) is 0. The summed E-state index contributed by atoms with van der Waals surface area (Å²) in [6.07, 6.45) is 10.1. The van der Waals surface area contributed by atoms with Crippen LogP contribution < -0.4 is 0 Å². The first-order valence-corrected chi connectivity index (χ1v) is 4.57. The number of fused-ring (bicyclic) bond motifs is 4. The third-order valence-corrected chi connectivity index (χ3v) is 2.83. The summed E-state index contributed by atoms with van der Waals surface area (Å²) in [6.45, 7) is 0. The SMILES string of the molecule is O=C1CC2C=CC1CCCC2. The molecule has 0 amide bonds. The molecule has 1 nitrogen and oxygen atoms in total. The molecule has 0 radical (unpaired) electrons. The van der Waals surface area contributed by atoms with Gasteiger partial charge in [0.1, 0.15) is 5.78 Å². The highest BCUT2D eigenvalue weighted by atomic mass is 16.1. The van der Waals surface area contributed by atoms with E-state index < -0.39 is 0 Å². The number of hydrogen-bond acceptors (Lipinski definition) is 1. The maximum atomic E-state index is 11.4. The highest BCUT2D eigenvalue weighted by Crippen LogP contribution is 2.30. The van der Waals surface area contributed by atoms with Crippen LogP contribution in [0, 0.1) is 11.8 Å². The molecule has 0 saturated heterocycles. The van der Waals surface area contributed by atoms with Crippen molar-refractivity contribution in [3.05, 3.63) is 12.2 Å². The molecular weight excluding hydrogens is 136 g/mol. The van der Waals surface area contributed by atoms with Crippen LogP contribution in [0.4, 0.5) is 0 Å². The van der Waals surface area contributed by atoms with Gasteiger partial charge < -0.3 is 0 Å². The fraction of sp³-hybridized carbons (Fsp3) is 0.700. The van der Waals surface area contributed by atoms with Gasteiger partial charge in [-0.05, 0) is 18.8 Å². The van der Waals surface area contributed by atoms with E-state index in [0.717, 1.165) is 12.8 Å². The van der Waals surface area contributed by atoms with Crippen LogP contribution in [0.3, 0.4) is 0 Å². The van der Waals surface area contributed by atoms with Crippen LogP contribution in [0.5, 0.6) is 0 Å². The Bertz CT molecular complexity index is 193. The van der Waals surface area contributed by atoms with Gasteiger partial charge in [-0.2, -0.15) is 0 Å². The first-order chi connectivity index (χ1) is 5.36. The molecule has 2 bridgehead atoms. The van der Waals surface area contributed by atoms with E-state index in [-0.39, 0.29) is 5.92 Å². The van der Waals surface area contributed by atoms with Crippen molar-refractivity contribution in [3.63, 3.8) is 0 Å². The zero-order valence-electron chi connectivity index (χ0n) is 6.75. The van der Waals surface area contributed by atoms with Crippen LogP contribution in [-0.2, 0) is 4.79 Å². The second-order valence-corrected chi connectivity index (χ2v) is 3.71. The molecule has 0 aromatic rings. The Hall–Kier alpha value is -0.590. The number of Topliss-reactive ketones (excluding diaryl/α,β-unsaturated/α-hetero) is 1. The Kier molecular flexibility index (Phi) is 1.80. The largest absolute Gasteiger partial charge is 0.299 e. The zero-order chi connectivity index (χ0) is 7.68. The Balaban J connectivity index is 2.18. The zero-order valence-corrected chi connectivity index (χ0v) is 6.75. The minimum atomic E-state index is 0.284. The number of allylic oxidation sites excluding steroid dienone is 2. The van der Waals surface area contributed by atoms with Crippen molar-refractivity contribution in [1.82, 2.24) is 0 Å². The summed E-state index contributed by atoms with van der Waals surface area (Å²) in [6, 6.07) is 0. The molecule has 0 aromatic carbocycles. The van der Waals surface area contributed by atoms with Crippen LogP contribution in [0.15, 0.2) is 12.2 Å². The van der Waals surface area contributed by atoms with E-state index in [2.05, 4.69) is 12.2 Å². The van der Waals surface area contributed by atoms with Gasteiger partial charge in [-0.25, -0.2) is 0 Å². The molecule has 1 heteroatoms. The van der Waals surface area contributed by atoms with E-state index in [1.807, 2.05) is 0 Å². The molecule has 3 aliphatic rings. The van der Waals surface area contributed by atoms with Gasteiger partial charge in [0.2, 0.25) is 0 Å². The summed E-state index contributed by atoms with van der Waals surface area (Å²) < 4.78 is 0. The predicted octanol–water partition coefficient (Wildman–Crippen LogP) is 2.32. The highest BCUT2D eigenvalue weighted by molar-refractivity contribution is 5.84. The van der Waals surface area contributed by atoms with E-state index >= 15 is 0 Å². The Labute approximate surface area is 67.5 Å². The van der Waals surface area contributed by atoms with Gasteiger partial charge in [-0.3, -0.25) is 4.79 Å². The lowest BCUT2D eigenvalue weighted by Crippen LogP contribution is -2.22. The summed E-state index contributed by atoms with van der Waals surface area (Å²) in [7, 11) is 0. The fourth-order valence-electron chi connectivity index (χ4n) is 2.10. The molecule has 60 valence electrons. The molecule has 2 unspecified atom stereocenters. The smallest absolute Gasteiger partial charge is 0.140 e. The number of rotatable bonds is 0. The first kappa shape index (κ1) is 7.08. The minimum absolute atomic E-state index is 0.284. The summed E-state index contributed by atoms with van der Waals surface area (Å²) >= 11 is 0. The van der Waals surface area contributed by atoms with Gasteiger partial charge in [0, 0.05) is 12.3 Å². The van der Waals surface area contributed by atoms with Crippen molar-refractivity contribution in [2.45, 2.75) is 32.1 Å². The van der Waals surface area contributed by atoms with Crippen LogP contribution in [0.25, 0.3) is 0 Å². The van der Waals surface area contributed by atoms with E-state index in [1.54, 1.807) is 0 Å². The lowest BCUT2D eigenvalue weighted by atomic mass is 9.79. The van der Waals surface area contributed by atoms with Gasteiger partial charge in [0.05, 0.1) is 0 Å². The molecule has 0 spiro atoms. The van der Waals surface area contributed by atoms with Crippen LogP contribution >= 0.6 is 0 Å². The maximum Gasteiger partial charge on any atom is 0.140 e. The second-order valence-electron chi connectivity index (χ2n) is 3.71. The molecule has 1 saturated carbocycles. The molecule has 11 heavy (non-hydrogen) atoms. The summed E-state index contributed by atoms with van der Waals surface area (Å²) in [4.78, 5) is 11.4. The highest BCUT2D eigenvalue weighted by Gasteiger charge is 2.25. The summed E-state index contributed by atoms with van der Waals surface area (Å²) in [5, 5.41) is 0. The molecular formula is C10H14O. The standard InChI is InChI=1S/C10H14O/c11-10-7-8-3-1-2-4-9(10)6-5-8/h5-6,8-9H,1-4,7H2. The van der Waals surface area contributed by atoms with E-state index in [1.165, 1.54) is 19.3 Å². The van der Waals surface area contributed by atoms with Crippen LogP contribution in [-0.4, -0.2) is 5.78 Å². The number of carbonyl (C=O) groups excluding carboxylic acids is 1. The summed E-state index contributed by atoms with van der Waals surface area (Å²) in [5.74, 6) is 1.35. The van der Waals surface area contributed by atoms with Crippen molar-refractivity contribution >= 4 is 5.78 Å². The molecule has 0 aliphatic heterocycles. The Morgan fingerprint density at radius 3 is 2.82 bits per heavy atom. The van der Waals surface area contributed by atoms with Crippen LogP contribution in [0.1, 0.15) is 32.1 Å². The average Bonchev–Trinajstić information content (AvgIpc) is 1.92. The number of hydrogen-bond donors (Lipinski definition) is 0. The number of ketones is 1. The molecule has 3 aliphatic carbocycles. The van der Waals surface area contributed by atoms with Crippen molar-refractivity contribution in [1.29, 1.82) is 0 Å². The van der Waals surface area contributed by atoms with Crippen molar-refractivity contribution in [3.8, 4) is 0 Å². The lowest BCUT2D eigenvalue weighted by molar-refractivity contribution is -0.123. The second kappa shape index (κ2) is 2.80. The van der Waals surface area contributed by atoms with Gasteiger partial charge >= 0.3 is 0 Å². The topological polar surface area (TPSA) is 17.1 Å². The normalized spacial score (nSPS) is 36.9. The van der Waals surface area contributed by atoms with Gasteiger partial charge in [0.15, 0.2) is 0 Å². The molecule has 0 heterocycles. The van der Waals surface area contributed by atoms with Crippen molar-refractivity contribution in [2.75, 3.05) is 0 Å². The van der Waals surface area contributed by atoms with Gasteiger partial charge in [0.25, 0.3) is 0 Å².